The van der Waals surface area contributed by atoms with Gasteiger partial charge in [0.2, 0.25) is 0 Å². The van der Waals surface area contributed by atoms with E-state index in [1.807, 2.05) is 18.3 Å². The van der Waals surface area contributed by atoms with E-state index in [0.717, 1.165) is 36.5 Å². The van der Waals surface area contributed by atoms with Crippen LogP contribution in [0.3, 0.4) is 0 Å². The maximum atomic E-state index is 11.3. The van der Waals surface area contributed by atoms with Gasteiger partial charge in [0.25, 0.3) is 0 Å². The Balaban J connectivity index is 1.40. The molecule has 0 saturated carbocycles. The quantitative estimate of drug-likeness (QED) is 0.676. The van der Waals surface area contributed by atoms with E-state index in [4.69, 9.17) is 4.74 Å². The van der Waals surface area contributed by atoms with Gasteiger partial charge in [0.1, 0.15) is 24.3 Å². The van der Waals surface area contributed by atoms with Crippen molar-refractivity contribution in [3.63, 3.8) is 0 Å². The number of carbonyl (C=O) groups is 1. The van der Waals surface area contributed by atoms with E-state index in [2.05, 4.69) is 30.7 Å². The van der Waals surface area contributed by atoms with Crippen LogP contribution in [0.2, 0.25) is 0 Å². The predicted molar refractivity (Wildman–Crippen MR) is 109 cm³/mol. The van der Waals surface area contributed by atoms with E-state index in [-0.39, 0.29) is 12.4 Å². The minimum Gasteiger partial charge on any atom is -0.491 e. The Labute approximate surface area is 167 Å². The monoisotopic (exact) mass is 433 g/mol. The fourth-order valence-corrected chi connectivity index (χ4v) is 3.28. The molecule has 7 heteroatoms. The summed E-state index contributed by atoms with van der Waals surface area (Å²) in [5, 5.41) is 10.3. The maximum Gasteiger partial charge on any atom is 0.159 e. The van der Waals surface area contributed by atoms with Gasteiger partial charge in [-0.15, -0.1) is 0 Å². The number of hydrogen-bond donors (Lipinski definition) is 1. The fourth-order valence-electron chi connectivity index (χ4n) is 3.04. The second-order valence-corrected chi connectivity index (χ2v) is 7.58. The molecule has 1 atom stereocenters. The van der Waals surface area contributed by atoms with Gasteiger partial charge in [0.05, 0.1) is 0 Å². The zero-order chi connectivity index (χ0) is 19.2. The molecular formula is C20H24BrN3O3. The van der Waals surface area contributed by atoms with Gasteiger partial charge in [-0.1, -0.05) is 0 Å². The molecule has 0 spiro atoms. The highest BCUT2D eigenvalue weighted by atomic mass is 79.9. The fraction of sp³-hybridized carbons (Fsp3) is 0.400. The Hall–Kier alpha value is -1.96. The summed E-state index contributed by atoms with van der Waals surface area (Å²) in [5.41, 5.74) is 0.654. The van der Waals surface area contributed by atoms with Crippen molar-refractivity contribution in [1.29, 1.82) is 0 Å². The normalized spacial score (nSPS) is 16.2. The van der Waals surface area contributed by atoms with Gasteiger partial charge in [-0.25, -0.2) is 4.98 Å². The van der Waals surface area contributed by atoms with Crippen LogP contribution in [0.25, 0.3) is 0 Å². The van der Waals surface area contributed by atoms with E-state index in [1.54, 1.807) is 24.3 Å². The molecule has 2 heterocycles. The molecule has 0 bridgehead atoms. The Morgan fingerprint density at radius 2 is 1.89 bits per heavy atom. The number of aromatic nitrogens is 1. The zero-order valence-electron chi connectivity index (χ0n) is 15.3. The van der Waals surface area contributed by atoms with Crippen LogP contribution in [-0.4, -0.2) is 66.2 Å². The molecule has 1 aliphatic rings. The van der Waals surface area contributed by atoms with Crippen LogP contribution in [0, 0.1) is 0 Å². The summed E-state index contributed by atoms with van der Waals surface area (Å²) >= 11 is 3.40. The van der Waals surface area contributed by atoms with Gasteiger partial charge >= 0.3 is 0 Å². The minimum absolute atomic E-state index is 0.0269. The second kappa shape index (κ2) is 9.30. The molecule has 1 aromatic carbocycles. The summed E-state index contributed by atoms with van der Waals surface area (Å²) in [6.07, 6.45) is 1.25. The van der Waals surface area contributed by atoms with E-state index in [0.29, 0.717) is 17.9 Å². The number of carbonyl (C=O) groups excluding carboxylic acids is 1. The SMILES string of the molecule is CC(=O)c1ccc(OCC(O)CN2CCN(c3ccc(Br)cn3)CC2)cc1. The number of hydrogen-bond acceptors (Lipinski definition) is 6. The number of nitrogens with zero attached hydrogens (tertiary/aromatic N) is 3. The number of halogens is 1. The maximum absolute atomic E-state index is 11.3. The number of ether oxygens (including phenoxy) is 1. The highest BCUT2D eigenvalue weighted by Crippen LogP contribution is 2.17. The molecule has 0 amide bonds. The van der Waals surface area contributed by atoms with Crippen LogP contribution in [0.4, 0.5) is 5.82 Å². The van der Waals surface area contributed by atoms with E-state index >= 15 is 0 Å². The molecule has 27 heavy (non-hydrogen) atoms. The molecule has 1 unspecified atom stereocenters. The first-order valence-corrected chi connectivity index (χ1v) is 9.81. The Morgan fingerprint density at radius 1 is 1.19 bits per heavy atom. The van der Waals surface area contributed by atoms with Crippen LogP contribution >= 0.6 is 15.9 Å². The molecule has 1 N–H and O–H groups in total. The number of aliphatic hydroxyl groups excluding tert-OH is 1. The molecule has 3 rings (SSSR count). The summed E-state index contributed by atoms with van der Waals surface area (Å²) in [7, 11) is 0. The third-order valence-electron chi connectivity index (χ3n) is 4.58. The molecule has 1 aliphatic heterocycles. The predicted octanol–water partition coefficient (Wildman–Crippen LogP) is 2.61. The van der Waals surface area contributed by atoms with Crippen molar-refractivity contribution in [2.24, 2.45) is 0 Å². The lowest BCUT2D eigenvalue weighted by Crippen LogP contribution is -2.49. The van der Waals surface area contributed by atoms with Crippen molar-refractivity contribution < 1.29 is 14.6 Å². The smallest absolute Gasteiger partial charge is 0.159 e. The molecule has 0 radical (unpaired) electrons. The molecule has 144 valence electrons. The largest absolute Gasteiger partial charge is 0.491 e. The Morgan fingerprint density at radius 3 is 2.48 bits per heavy atom. The number of Topliss-reactive ketones (excluding diaryl/α,β-unsaturated/α-hetero) is 1. The minimum atomic E-state index is -0.560. The molecule has 2 aromatic rings. The number of benzene rings is 1. The first-order chi connectivity index (χ1) is 13.0. The van der Waals surface area contributed by atoms with Crippen LogP contribution in [0.1, 0.15) is 17.3 Å². The van der Waals surface area contributed by atoms with Crippen LogP contribution in [-0.2, 0) is 0 Å². The van der Waals surface area contributed by atoms with E-state index in [9.17, 15) is 9.90 Å². The average Bonchev–Trinajstić information content (AvgIpc) is 2.68. The van der Waals surface area contributed by atoms with Gasteiger partial charge in [-0.05, 0) is 59.3 Å². The molecular weight excluding hydrogens is 410 g/mol. The number of piperazine rings is 1. The summed E-state index contributed by atoms with van der Waals surface area (Å²) in [6.45, 7) is 5.86. The van der Waals surface area contributed by atoms with E-state index in [1.165, 1.54) is 6.92 Å². The lowest BCUT2D eigenvalue weighted by molar-refractivity contribution is 0.0662. The van der Waals surface area contributed by atoms with E-state index < -0.39 is 6.10 Å². The first-order valence-electron chi connectivity index (χ1n) is 9.02. The summed E-state index contributed by atoms with van der Waals surface area (Å²) in [5.74, 6) is 1.67. The Kier molecular flexibility index (Phi) is 6.82. The average molecular weight is 434 g/mol. The van der Waals surface area contributed by atoms with Crippen molar-refractivity contribution in [3.8, 4) is 5.75 Å². The standard InChI is InChI=1S/C20H24BrN3O3/c1-15(25)16-2-5-19(6-3-16)27-14-18(26)13-23-8-10-24(11-9-23)20-7-4-17(21)12-22-20/h2-7,12,18,26H,8-11,13-14H2,1H3. The van der Waals surface area contributed by atoms with Crippen molar-refractivity contribution >= 4 is 27.5 Å². The van der Waals surface area contributed by atoms with Gasteiger partial charge in [-0.3, -0.25) is 9.69 Å². The Bertz CT molecular complexity index is 744. The number of pyridine rings is 1. The number of aliphatic hydroxyl groups is 1. The summed E-state index contributed by atoms with van der Waals surface area (Å²) in [4.78, 5) is 20.2. The third kappa shape index (κ3) is 5.76. The molecule has 6 nitrogen and oxygen atoms in total. The van der Waals surface area contributed by atoms with Crippen LogP contribution in [0.15, 0.2) is 47.1 Å². The third-order valence-corrected chi connectivity index (χ3v) is 5.05. The van der Waals surface area contributed by atoms with Crippen molar-refractivity contribution in [3.05, 3.63) is 52.6 Å². The number of ketones is 1. The molecule has 1 saturated heterocycles. The summed E-state index contributed by atoms with van der Waals surface area (Å²) in [6, 6.07) is 11.0. The van der Waals surface area contributed by atoms with Crippen LogP contribution in [0.5, 0.6) is 5.75 Å². The van der Waals surface area contributed by atoms with Gasteiger partial charge in [0.15, 0.2) is 5.78 Å². The number of rotatable bonds is 7. The van der Waals surface area contributed by atoms with Crippen molar-refractivity contribution in [2.75, 3.05) is 44.2 Å². The topological polar surface area (TPSA) is 65.9 Å². The zero-order valence-corrected chi connectivity index (χ0v) is 16.9. The second-order valence-electron chi connectivity index (χ2n) is 6.67. The van der Waals surface area contributed by atoms with Gasteiger partial charge in [-0.2, -0.15) is 0 Å². The van der Waals surface area contributed by atoms with Crippen molar-refractivity contribution in [1.82, 2.24) is 9.88 Å². The molecule has 1 fully saturated rings. The highest BCUT2D eigenvalue weighted by Gasteiger charge is 2.20. The summed E-state index contributed by atoms with van der Waals surface area (Å²) < 4.78 is 6.61. The molecule has 0 aliphatic carbocycles. The van der Waals surface area contributed by atoms with Gasteiger partial charge in [0, 0.05) is 49.0 Å². The lowest BCUT2D eigenvalue weighted by atomic mass is 10.1. The first kappa shape index (κ1) is 19.8. The lowest BCUT2D eigenvalue weighted by Gasteiger charge is -2.36. The van der Waals surface area contributed by atoms with Gasteiger partial charge < -0.3 is 14.7 Å². The number of anilines is 1. The van der Waals surface area contributed by atoms with Crippen molar-refractivity contribution in [2.45, 2.75) is 13.0 Å². The van der Waals surface area contributed by atoms with Crippen LogP contribution < -0.4 is 9.64 Å². The molecule has 1 aromatic heterocycles. The number of β-amino-alcohol motifs (C(OH)–C–C–N with tert-alkyl or cyclic N) is 1. The highest BCUT2D eigenvalue weighted by molar-refractivity contribution is 9.10.